The summed E-state index contributed by atoms with van der Waals surface area (Å²) in [5.41, 5.74) is 13.6. The maximum atomic E-state index is 6.72. The first-order chi connectivity index (χ1) is 25.8. The van der Waals surface area contributed by atoms with Crippen molar-refractivity contribution in [1.82, 2.24) is 0 Å². The van der Waals surface area contributed by atoms with Crippen LogP contribution in [0.5, 0.6) is 0 Å². The van der Waals surface area contributed by atoms with Gasteiger partial charge in [-0.25, -0.2) is 0 Å². The Bertz CT molecular complexity index is 2910. The van der Waals surface area contributed by atoms with Gasteiger partial charge in [0.1, 0.15) is 22.3 Å². The monoisotopic (exact) mass is 665 g/mol. The molecule has 0 unspecified atom stereocenters. The molecule has 0 N–H and O–H groups in total. The van der Waals surface area contributed by atoms with Crippen LogP contribution >= 0.6 is 0 Å². The van der Waals surface area contributed by atoms with Gasteiger partial charge < -0.3 is 13.7 Å². The van der Waals surface area contributed by atoms with Crippen molar-refractivity contribution in [1.29, 1.82) is 0 Å². The third kappa shape index (κ3) is 3.96. The Morgan fingerprint density at radius 1 is 0.385 bits per heavy atom. The van der Waals surface area contributed by atoms with Gasteiger partial charge in [-0.1, -0.05) is 146 Å². The van der Waals surface area contributed by atoms with Crippen LogP contribution < -0.4 is 4.90 Å². The summed E-state index contributed by atoms with van der Waals surface area (Å²) in [5, 5.41) is 4.17. The predicted octanol–water partition coefficient (Wildman–Crippen LogP) is 13.3. The molecular formula is C49H31NO2. The molecule has 3 heteroatoms. The van der Waals surface area contributed by atoms with Gasteiger partial charge in [0.25, 0.3) is 0 Å². The standard InChI is InChI=1S/C49H31NO2/c1-3-15-32(16-4-1)49(40-23-11-7-19-36(40)37-20-8-12-24-41(37)49)33-27-29-35(30-28-33)50(34-17-5-2-6-18-34)42-31-45-47(39-22-10-13-25-43(39)51-45)48-46(42)38-21-9-14-26-44(38)52-48/h1-31H. The summed E-state index contributed by atoms with van der Waals surface area (Å²) in [6.07, 6.45) is 0. The summed E-state index contributed by atoms with van der Waals surface area (Å²) in [5.74, 6) is 0. The van der Waals surface area contributed by atoms with Crippen LogP contribution in [0.1, 0.15) is 22.3 Å². The molecule has 0 fully saturated rings. The fourth-order valence-electron chi connectivity index (χ4n) is 8.83. The summed E-state index contributed by atoms with van der Waals surface area (Å²) in [7, 11) is 0. The Morgan fingerprint density at radius 2 is 0.885 bits per heavy atom. The SMILES string of the molecule is c1ccc(N(c2ccc(C3(c4ccccc4)c4ccccc4-c4ccccc43)cc2)c2cc3oc4ccccc4c3c3oc4ccccc4c23)cc1. The molecular weight excluding hydrogens is 635 g/mol. The first kappa shape index (κ1) is 28.9. The van der Waals surface area contributed by atoms with Gasteiger partial charge in [-0.2, -0.15) is 0 Å². The molecule has 0 amide bonds. The number of furan rings is 2. The normalized spacial score (nSPS) is 13.2. The Morgan fingerprint density at radius 3 is 1.56 bits per heavy atom. The van der Waals surface area contributed by atoms with Gasteiger partial charge in [-0.15, -0.1) is 0 Å². The van der Waals surface area contributed by atoms with Crippen molar-refractivity contribution in [3.63, 3.8) is 0 Å². The van der Waals surface area contributed by atoms with Crippen LogP contribution in [-0.4, -0.2) is 0 Å². The van der Waals surface area contributed by atoms with Crippen LogP contribution in [0.15, 0.2) is 197 Å². The highest BCUT2D eigenvalue weighted by atomic mass is 16.3. The van der Waals surface area contributed by atoms with Crippen molar-refractivity contribution >= 4 is 60.9 Å². The molecule has 0 radical (unpaired) electrons. The van der Waals surface area contributed by atoms with E-state index in [2.05, 4.69) is 175 Å². The Hall–Kier alpha value is -6.84. The highest BCUT2D eigenvalue weighted by molar-refractivity contribution is 6.26. The van der Waals surface area contributed by atoms with E-state index in [0.717, 1.165) is 60.9 Å². The van der Waals surface area contributed by atoms with E-state index in [-0.39, 0.29) is 0 Å². The number of hydrogen-bond donors (Lipinski definition) is 0. The van der Waals surface area contributed by atoms with Crippen LogP contribution in [0.25, 0.3) is 55.0 Å². The minimum atomic E-state index is -0.467. The summed E-state index contributed by atoms with van der Waals surface area (Å²) >= 11 is 0. The number of hydrogen-bond acceptors (Lipinski definition) is 3. The van der Waals surface area contributed by atoms with Gasteiger partial charge >= 0.3 is 0 Å². The number of rotatable bonds is 5. The Balaban J connectivity index is 1.18. The molecule has 244 valence electrons. The molecule has 11 rings (SSSR count). The lowest BCUT2D eigenvalue weighted by Gasteiger charge is -2.34. The molecule has 2 heterocycles. The predicted molar refractivity (Wildman–Crippen MR) is 213 cm³/mol. The molecule has 0 saturated carbocycles. The zero-order chi connectivity index (χ0) is 34.2. The first-order valence-corrected chi connectivity index (χ1v) is 17.8. The van der Waals surface area contributed by atoms with Crippen LogP contribution in [0.2, 0.25) is 0 Å². The summed E-state index contributed by atoms with van der Waals surface area (Å²) < 4.78 is 13.3. The topological polar surface area (TPSA) is 29.5 Å². The highest BCUT2D eigenvalue weighted by Gasteiger charge is 2.45. The van der Waals surface area contributed by atoms with Gasteiger partial charge in [0.15, 0.2) is 0 Å². The van der Waals surface area contributed by atoms with Crippen LogP contribution in [0, 0.1) is 0 Å². The second-order valence-electron chi connectivity index (χ2n) is 13.6. The van der Waals surface area contributed by atoms with Gasteiger partial charge in [-0.05, 0) is 69.8 Å². The third-order valence-electron chi connectivity index (χ3n) is 10.9. The second-order valence-corrected chi connectivity index (χ2v) is 13.6. The zero-order valence-corrected chi connectivity index (χ0v) is 28.2. The van der Waals surface area contributed by atoms with E-state index in [0.29, 0.717) is 0 Å². The molecule has 52 heavy (non-hydrogen) atoms. The van der Waals surface area contributed by atoms with E-state index in [9.17, 15) is 0 Å². The summed E-state index contributed by atoms with van der Waals surface area (Å²) in [6, 6.07) is 67.2. The first-order valence-electron chi connectivity index (χ1n) is 17.8. The van der Waals surface area contributed by atoms with Gasteiger partial charge in [0.05, 0.1) is 21.9 Å². The largest absolute Gasteiger partial charge is 0.456 e. The molecule has 10 aromatic rings. The number of nitrogens with zero attached hydrogens (tertiary/aromatic N) is 1. The minimum Gasteiger partial charge on any atom is -0.456 e. The lowest BCUT2D eigenvalue weighted by Crippen LogP contribution is -2.28. The molecule has 2 aromatic heterocycles. The van der Waals surface area contributed by atoms with Gasteiger partial charge in [0, 0.05) is 28.2 Å². The van der Waals surface area contributed by atoms with Crippen LogP contribution in [-0.2, 0) is 5.41 Å². The molecule has 0 aliphatic heterocycles. The zero-order valence-electron chi connectivity index (χ0n) is 28.2. The fraction of sp³-hybridized carbons (Fsp3) is 0.0204. The van der Waals surface area contributed by atoms with Crippen LogP contribution in [0.3, 0.4) is 0 Å². The Labute approximate surface area is 300 Å². The second kappa shape index (κ2) is 11.1. The lowest BCUT2D eigenvalue weighted by molar-refractivity contribution is 0.663. The van der Waals surface area contributed by atoms with E-state index in [1.807, 2.05) is 18.2 Å². The van der Waals surface area contributed by atoms with Crippen molar-refractivity contribution in [2.75, 3.05) is 4.90 Å². The van der Waals surface area contributed by atoms with Crippen molar-refractivity contribution < 1.29 is 8.83 Å². The van der Waals surface area contributed by atoms with Gasteiger partial charge in [-0.3, -0.25) is 0 Å². The lowest BCUT2D eigenvalue weighted by atomic mass is 9.68. The van der Waals surface area contributed by atoms with E-state index in [4.69, 9.17) is 8.83 Å². The maximum absolute atomic E-state index is 6.72. The van der Waals surface area contributed by atoms with E-state index in [1.54, 1.807) is 0 Å². The molecule has 3 nitrogen and oxygen atoms in total. The number of para-hydroxylation sites is 3. The number of anilines is 3. The molecule has 0 atom stereocenters. The van der Waals surface area contributed by atoms with Gasteiger partial charge in [0.2, 0.25) is 0 Å². The van der Waals surface area contributed by atoms with E-state index >= 15 is 0 Å². The summed E-state index contributed by atoms with van der Waals surface area (Å²) in [4.78, 5) is 2.34. The number of benzene rings is 8. The molecule has 0 saturated heterocycles. The third-order valence-corrected chi connectivity index (χ3v) is 10.9. The van der Waals surface area contributed by atoms with Crippen molar-refractivity contribution in [2.24, 2.45) is 0 Å². The van der Waals surface area contributed by atoms with Crippen molar-refractivity contribution in [3.8, 4) is 11.1 Å². The van der Waals surface area contributed by atoms with Crippen molar-refractivity contribution in [2.45, 2.75) is 5.41 Å². The van der Waals surface area contributed by atoms with E-state index in [1.165, 1.54) is 33.4 Å². The van der Waals surface area contributed by atoms with Crippen molar-refractivity contribution in [3.05, 3.63) is 210 Å². The maximum Gasteiger partial charge on any atom is 0.149 e. The minimum absolute atomic E-state index is 0.467. The average Bonchev–Trinajstić information content (AvgIpc) is 3.88. The fourth-order valence-corrected chi connectivity index (χ4v) is 8.83. The quantitative estimate of drug-likeness (QED) is 0.183. The summed E-state index contributed by atoms with van der Waals surface area (Å²) in [6.45, 7) is 0. The number of fused-ring (bicyclic) bond motifs is 10. The molecule has 0 spiro atoms. The Kier molecular flexibility index (Phi) is 6.17. The molecule has 1 aliphatic carbocycles. The molecule has 8 aromatic carbocycles. The van der Waals surface area contributed by atoms with E-state index < -0.39 is 5.41 Å². The van der Waals surface area contributed by atoms with Crippen LogP contribution in [0.4, 0.5) is 17.1 Å². The smallest absolute Gasteiger partial charge is 0.149 e. The molecule has 1 aliphatic rings. The average molecular weight is 666 g/mol. The molecule has 0 bridgehead atoms. The highest BCUT2D eigenvalue weighted by Crippen LogP contribution is 2.56.